The van der Waals surface area contributed by atoms with Crippen molar-refractivity contribution in [2.45, 2.75) is 175 Å². The van der Waals surface area contributed by atoms with Crippen molar-refractivity contribution in [3.63, 3.8) is 0 Å². The fourth-order valence-electron chi connectivity index (χ4n) is 5.30. The summed E-state index contributed by atoms with van der Waals surface area (Å²) >= 11 is 0. The zero-order valence-corrected chi connectivity index (χ0v) is 23.3. The summed E-state index contributed by atoms with van der Waals surface area (Å²) in [5.41, 5.74) is 0. The third-order valence-corrected chi connectivity index (χ3v) is 7.57. The Morgan fingerprint density at radius 1 is 0.394 bits per heavy atom. The van der Waals surface area contributed by atoms with E-state index in [4.69, 9.17) is 0 Å². The van der Waals surface area contributed by atoms with Crippen LogP contribution < -0.4 is 0 Å². The number of hydrogen-bond acceptors (Lipinski definition) is 2. The number of unbranched alkanes of at least 4 members (excludes halogenated alkanes) is 19. The second-order valence-corrected chi connectivity index (χ2v) is 10.8. The molecule has 0 saturated carbocycles. The van der Waals surface area contributed by atoms with Crippen molar-refractivity contribution in [3.05, 3.63) is 12.4 Å². The summed E-state index contributed by atoms with van der Waals surface area (Å²) in [5, 5.41) is 0. The molecule has 0 spiro atoms. The second-order valence-electron chi connectivity index (χ2n) is 10.8. The summed E-state index contributed by atoms with van der Waals surface area (Å²) in [6, 6.07) is 0. The van der Waals surface area contributed by atoms with Gasteiger partial charge in [-0.3, -0.25) is 0 Å². The van der Waals surface area contributed by atoms with Crippen LogP contribution in [0, 0.1) is 0 Å². The topological polar surface area (TPSA) is 6.48 Å². The quantitative estimate of drug-likeness (QED) is 0.124. The van der Waals surface area contributed by atoms with E-state index in [-0.39, 0.29) is 0 Å². The molecule has 2 nitrogen and oxygen atoms in total. The molecule has 1 heterocycles. The van der Waals surface area contributed by atoms with Gasteiger partial charge in [0, 0.05) is 25.5 Å². The number of nitrogens with zero attached hydrogens (tertiary/aromatic N) is 2. The van der Waals surface area contributed by atoms with Crippen LogP contribution in [0.2, 0.25) is 0 Å². The van der Waals surface area contributed by atoms with Crippen molar-refractivity contribution in [3.8, 4) is 0 Å². The molecule has 1 aliphatic heterocycles. The molecule has 2 heteroatoms. The fourth-order valence-corrected chi connectivity index (χ4v) is 5.30. The third-order valence-electron chi connectivity index (χ3n) is 7.57. The highest BCUT2D eigenvalue weighted by Crippen LogP contribution is 2.23. The minimum Gasteiger partial charge on any atom is -0.356 e. The molecule has 1 atom stereocenters. The van der Waals surface area contributed by atoms with Gasteiger partial charge in [-0.2, -0.15) is 0 Å². The van der Waals surface area contributed by atoms with Gasteiger partial charge in [-0.1, -0.05) is 143 Å². The van der Waals surface area contributed by atoms with Crippen molar-refractivity contribution in [1.82, 2.24) is 9.80 Å². The first kappa shape index (κ1) is 30.4. The lowest BCUT2D eigenvalue weighted by atomic mass is 10.0. The van der Waals surface area contributed by atoms with Gasteiger partial charge in [-0.15, -0.1) is 0 Å². The van der Waals surface area contributed by atoms with E-state index in [2.05, 4.69) is 43.0 Å². The molecule has 196 valence electrons. The Morgan fingerprint density at radius 2 is 0.697 bits per heavy atom. The largest absolute Gasteiger partial charge is 0.356 e. The van der Waals surface area contributed by atoms with Crippen LogP contribution in [0.1, 0.15) is 168 Å². The van der Waals surface area contributed by atoms with Crippen molar-refractivity contribution < 1.29 is 0 Å². The fraction of sp³-hybridized carbons (Fsp3) is 0.935. The Bertz CT molecular complexity index is 419. The molecule has 0 aliphatic carbocycles. The van der Waals surface area contributed by atoms with Gasteiger partial charge in [0.2, 0.25) is 0 Å². The lowest BCUT2D eigenvalue weighted by Gasteiger charge is -2.33. The molecule has 0 bridgehead atoms. The SMILES string of the molecule is CCCCCCCCCCCCC1N(CCCCC)C=CN1CCCCCCCCCCC. The van der Waals surface area contributed by atoms with Gasteiger partial charge < -0.3 is 9.80 Å². The summed E-state index contributed by atoms with van der Waals surface area (Å²) in [6.07, 6.45) is 38.0. The van der Waals surface area contributed by atoms with Crippen molar-refractivity contribution >= 4 is 0 Å². The Balaban J connectivity index is 2.18. The van der Waals surface area contributed by atoms with E-state index < -0.39 is 0 Å². The van der Waals surface area contributed by atoms with Gasteiger partial charge in [0.15, 0.2) is 0 Å². The van der Waals surface area contributed by atoms with Crippen molar-refractivity contribution in [1.29, 1.82) is 0 Å². The first-order chi connectivity index (χ1) is 16.3. The molecule has 0 radical (unpaired) electrons. The summed E-state index contributed by atoms with van der Waals surface area (Å²) < 4.78 is 0. The van der Waals surface area contributed by atoms with E-state index in [1.54, 1.807) is 0 Å². The van der Waals surface area contributed by atoms with Crippen LogP contribution in [-0.2, 0) is 0 Å². The van der Waals surface area contributed by atoms with Crippen LogP contribution >= 0.6 is 0 Å². The predicted molar refractivity (Wildman–Crippen MR) is 150 cm³/mol. The molecule has 0 aromatic heterocycles. The maximum atomic E-state index is 2.68. The van der Waals surface area contributed by atoms with Crippen molar-refractivity contribution in [2.75, 3.05) is 13.1 Å². The highest BCUT2D eigenvalue weighted by Gasteiger charge is 2.24. The van der Waals surface area contributed by atoms with E-state index in [1.807, 2.05) is 0 Å². The smallest absolute Gasteiger partial charge is 0.101 e. The van der Waals surface area contributed by atoms with Gasteiger partial charge >= 0.3 is 0 Å². The Labute approximate surface area is 210 Å². The Morgan fingerprint density at radius 3 is 1.12 bits per heavy atom. The van der Waals surface area contributed by atoms with Crippen LogP contribution in [0.15, 0.2) is 12.4 Å². The molecular formula is C31H62N2. The van der Waals surface area contributed by atoms with Crippen molar-refractivity contribution in [2.24, 2.45) is 0 Å². The molecular weight excluding hydrogens is 400 g/mol. The van der Waals surface area contributed by atoms with Gasteiger partial charge in [0.25, 0.3) is 0 Å². The highest BCUT2D eigenvalue weighted by atomic mass is 15.4. The minimum absolute atomic E-state index is 0.643. The maximum Gasteiger partial charge on any atom is 0.101 e. The molecule has 1 unspecified atom stereocenters. The first-order valence-corrected chi connectivity index (χ1v) is 15.5. The second kappa shape index (κ2) is 23.1. The van der Waals surface area contributed by atoms with Crippen LogP contribution in [0.4, 0.5) is 0 Å². The Kier molecular flexibility index (Phi) is 21.3. The lowest BCUT2D eigenvalue weighted by Crippen LogP contribution is -2.39. The highest BCUT2D eigenvalue weighted by molar-refractivity contribution is 4.96. The summed E-state index contributed by atoms with van der Waals surface area (Å²) in [5.74, 6) is 0. The molecule has 33 heavy (non-hydrogen) atoms. The van der Waals surface area contributed by atoms with Crippen LogP contribution in [-0.4, -0.2) is 29.1 Å². The molecule has 1 aliphatic rings. The Hall–Kier alpha value is -0.660. The average molecular weight is 463 g/mol. The van der Waals surface area contributed by atoms with Gasteiger partial charge in [-0.05, 0) is 25.7 Å². The molecule has 1 rings (SSSR count). The number of hydrogen-bond donors (Lipinski definition) is 0. The summed E-state index contributed by atoms with van der Waals surface area (Å²) in [4.78, 5) is 5.35. The van der Waals surface area contributed by atoms with Crippen LogP contribution in [0.25, 0.3) is 0 Å². The van der Waals surface area contributed by atoms with Gasteiger partial charge in [0.1, 0.15) is 6.17 Å². The predicted octanol–water partition coefficient (Wildman–Crippen LogP) is 10.4. The van der Waals surface area contributed by atoms with Gasteiger partial charge in [0.05, 0.1) is 0 Å². The van der Waals surface area contributed by atoms with E-state index in [0.29, 0.717) is 6.17 Å². The minimum atomic E-state index is 0.643. The number of rotatable bonds is 25. The van der Waals surface area contributed by atoms with Crippen LogP contribution in [0.5, 0.6) is 0 Å². The summed E-state index contributed by atoms with van der Waals surface area (Å²) in [7, 11) is 0. The van der Waals surface area contributed by atoms with E-state index >= 15 is 0 Å². The zero-order valence-electron chi connectivity index (χ0n) is 23.3. The molecule has 0 aromatic carbocycles. The monoisotopic (exact) mass is 462 g/mol. The standard InChI is InChI=1S/C31H62N2/c1-4-7-10-12-14-16-17-19-21-23-26-31-32(27-24-9-6-3)29-30-33(31)28-25-22-20-18-15-13-11-8-5-2/h29-31H,4-28H2,1-3H3. The molecule has 0 amide bonds. The molecule has 0 N–H and O–H groups in total. The maximum absolute atomic E-state index is 2.68. The lowest BCUT2D eigenvalue weighted by molar-refractivity contribution is 0.135. The van der Waals surface area contributed by atoms with Crippen LogP contribution in [0.3, 0.4) is 0 Å². The molecule has 0 saturated heterocycles. The zero-order chi connectivity index (χ0) is 23.8. The van der Waals surface area contributed by atoms with E-state index in [0.717, 1.165) is 0 Å². The molecule has 0 fully saturated rings. The molecule has 0 aromatic rings. The van der Waals surface area contributed by atoms with Gasteiger partial charge in [-0.25, -0.2) is 0 Å². The average Bonchev–Trinajstić information content (AvgIpc) is 3.21. The van der Waals surface area contributed by atoms with E-state index in [9.17, 15) is 0 Å². The summed E-state index contributed by atoms with van der Waals surface area (Å²) in [6.45, 7) is 9.45. The van der Waals surface area contributed by atoms with E-state index in [1.165, 1.54) is 161 Å². The normalized spacial score (nSPS) is 15.8. The first-order valence-electron chi connectivity index (χ1n) is 15.5. The third kappa shape index (κ3) is 16.6.